The predicted molar refractivity (Wildman–Crippen MR) is 119 cm³/mol. The average molecular weight is 386 g/mol. The molecule has 0 aromatic heterocycles. The summed E-state index contributed by atoms with van der Waals surface area (Å²) in [6.07, 6.45) is 22.2. The molecule has 164 valence electrons. The zero-order valence-electron chi connectivity index (χ0n) is 18.9. The lowest BCUT2D eigenvalue weighted by Gasteiger charge is -2.32. The molecule has 2 atom stereocenters. The summed E-state index contributed by atoms with van der Waals surface area (Å²) >= 11 is 0. The van der Waals surface area contributed by atoms with E-state index >= 15 is 0 Å². The molecule has 0 aromatic rings. The molecule has 0 rings (SSSR count). The zero-order valence-corrected chi connectivity index (χ0v) is 18.9. The molecule has 0 fully saturated rings. The van der Waals surface area contributed by atoms with Crippen LogP contribution in [-0.2, 0) is 0 Å². The zero-order chi connectivity index (χ0) is 20.2. The van der Waals surface area contributed by atoms with E-state index in [-0.39, 0.29) is 25.3 Å². The summed E-state index contributed by atoms with van der Waals surface area (Å²) in [5.74, 6) is 0. The van der Waals surface area contributed by atoms with Crippen LogP contribution in [0.25, 0.3) is 0 Å². The molecule has 0 heterocycles. The summed E-state index contributed by atoms with van der Waals surface area (Å²) < 4.78 is 0. The summed E-state index contributed by atoms with van der Waals surface area (Å²) in [6, 6.07) is 0.284. The second-order valence-electron chi connectivity index (χ2n) is 8.60. The Balaban J connectivity index is 3.35. The van der Waals surface area contributed by atoms with Gasteiger partial charge in [-0.25, -0.2) is 0 Å². The highest BCUT2D eigenvalue weighted by Crippen LogP contribution is 2.14. The fraction of sp³-hybridized carbons (Fsp3) is 1.00. The molecule has 0 radical (unpaired) electrons. The van der Waals surface area contributed by atoms with E-state index in [9.17, 15) is 10.2 Å². The van der Waals surface area contributed by atoms with Crippen LogP contribution in [-0.4, -0.2) is 47.0 Å². The van der Waals surface area contributed by atoms with Crippen molar-refractivity contribution in [2.45, 2.75) is 136 Å². The monoisotopic (exact) mass is 385 g/mol. The van der Waals surface area contributed by atoms with Gasteiger partial charge in [0.2, 0.25) is 0 Å². The van der Waals surface area contributed by atoms with E-state index in [0.29, 0.717) is 0 Å². The van der Waals surface area contributed by atoms with Gasteiger partial charge in [-0.05, 0) is 26.8 Å². The van der Waals surface area contributed by atoms with Crippen molar-refractivity contribution in [3.8, 4) is 0 Å². The van der Waals surface area contributed by atoms with Gasteiger partial charge in [-0.1, -0.05) is 103 Å². The molecular weight excluding hydrogens is 334 g/mol. The third-order valence-corrected chi connectivity index (χ3v) is 5.93. The largest absolute Gasteiger partial charge is 0.395 e. The van der Waals surface area contributed by atoms with E-state index in [4.69, 9.17) is 0 Å². The maximum Gasteiger partial charge on any atom is 0.0584 e. The van der Waals surface area contributed by atoms with Crippen molar-refractivity contribution in [3.63, 3.8) is 0 Å². The van der Waals surface area contributed by atoms with Crippen molar-refractivity contribution in [2.24, 2.45) is 0 Å². The van der Waals surface area contributed by atoms with Gasteiger partial charge in [0.15, 0.2) is 0 Å². The molecule has 27 heavy (non-hydrogen) atoms. The van der Waals surface area contributed by atoms with Gasteiger partial charge in [-0.15, -0.1) is 0 Å². The van der Waals surface area contributed by atoms with Gasteiger partial charge in [0.05, 0.1) is 13.2 Å². The summed E-state index contributed by atoms with van der Waals surface area (Å²) in [6.45, 7) is 7.69. The molecule has 3 heteroatoms. The van der Waals surface area contributed by atoms with Crippen molar-refractivity contribution >= 4 is 0 Å². The maximum atomic E-state index is 9.36. The molecule has 0 amide bonds. The van der Waals surface area contributed by atoms with E-state index in [1.54, 1.807) is 0 Å². The Hall–Kier alpha value is -0.120. The van der Waals surface area contributed by atoms with Gasteiger partial charge in [0.25, 0.3) is 0 Å². The van der Waals surface area contributed by atoms with Crippen LogP contribution in [0.4, 0.5) is 0 Å². The molecule has 0 bridgehead atoms. The highest BCUT2D eigenvalue weighted by molar-refractivity contribution is 4.72. The number of aliphatic hydroxyl groups excluding tert-OH is 2. The Morgan fingerprint density at radius 1 is 0.519 bits per heavy atom. The first-order valence-corrected chi connectivity index (χ1v) is 12.1. The first-order valence-electron chi connectivity index (χ1n) is 12.1. The minimum Gasteiger partial charge on any atom is -0.395 e. The number of unbranched alkanes of at least 4 members (excludes halogenated alkanes) is 15. The molecule has 0 saturated carbocycles. The number of rotatable bonds is 21. The SMILES string of the molecule is CCCCCCCCCCCCCCCCCCN(C(C)CO)C(C)CO. The fourth-order valence-corrected chi connectivity index (χ4v) is 3.93. The summed E-state index contributed by atoms with van der Waals surface area (Å²) in [7, 11) is 0. The number of aliphatic hydroxyl groups is 2. The number of hydrogen-bond donors (Lipinski definition) is 2. The summed E-state index contributed by atoms with van der Waals surface area (Å²) in [5.41, 5.74) is 0. The highest BCUT2D eigenvalue weighted by atomic mass is 16.3. The van der Waals surface area contributed by atoms with Crippen molar-refractivity contribution < 1.29 is 10.2 Å². The van der Waals surface area contributed by atoms with Crippen LogP contribution in [0.2, 0.25) is 0 Å². The van der Waals surface area contributed by atoms with Crippen molar-refractivity contribution in [1.82, 2.24) is 4.90 Å². The van der Waals surface area contributed by atoms with Crippen molar-refractivity contribution in [2.75, 3.05) is 19.8 Å². The van der Waals surface area contributed by atoms with Crippen LogP contribution in [0.1, 0.15) is 124 Å². The van der Waals surface area contributed by atoms with Crippen LogP contribution in [0, 0.1) is 0 Å². The minimum absolute atomic E-state index is 0.142. The van der Waals surface area contributed by atoms with Crippen molar-refractivity contribution in [3.05, 3.63) is 0 Å². The second kappa shape index (κ2) is 20.6. The van der Waals surface area contributed by atoms with Gasteiger partial charge in [-0.2, -0.15) is 0 Å². The molecular formula is C24H51NO2. The molecule has 0 aliphatic heterocycles. The smallest absolute Gasteiger partial charge is 0.0584 e. The summed E-state index contributed by atoms with van der Waals surface area (Å²) in [4.78, 5) is 2.24. The third kappa shape index (κ3) is 16.5. The van der Waals surface area contributed by atoms with Gasteiger partial charge < -0.3 is 10.2 Å². The highest BCUT2D eigenvalue weighted by Gasteiger charge is 2.18. The lowest BCUT2D eigenvalue weighted by Crippen LogP contribution is -2.44. The lowest BCUT2D eigenvalue weighted by atomic mass is 10.0. The van der Waals surface area contributed by atoms with Crippen LogP contribution in [0.3, 0.4) is 0 Å². The normalized spacial score (nSPS) is 14.0. The van der Waals surface area contributed by atoms with Gasteiger partial charge in [0, 0.05) is 12.1 Å². The fourth-order valence-electron chi connectivity index (χ4n) is 3.93. The quantitative estimate of drug-likeness (QED) is 0.227. The second-order valence-corrected chi connectivity index (χ2v) is 8.60. The molecule has 0 spiro atoms. The number of hydrogen-bond acceptors (Lipinski definition) is 3. The lowest BCUT2D eigenvalue weighted by molar-refractivity contribution is 0.0665. The van der Waals surface area contributed by atoms with E-state index < -0.39 is 0 Å². The Morgan fingerprint density at radius 2 is 0.815 bits per heavy atom. The summed E-state index contributed by atoms with van der Waals surface area (Å²) in [5, 5.41) is 18.7. The van der Waals surface area contributed by atoms with E-state index in [1.165, 1.54) is 103 Å². The maximum absolute atomic E-state index is 9.36. The van der Waals surface area contributed by atoms with Crippen molar-refractivity contribution in [1.29, 1.82) is 0 Å². The van der Waals surface area contributed by atoms with Crippen LogP contribution >= 0.6 is 0 Å². The van der Waals surface area contributed by atoms with Crippen LogP contribution < -0.4 is 0 Å². The first-order chi connectivity index (χ1) is 13.2. The molecule has 0 aromatic carbocycles. The predicted octanol–water partition coefficient (Wildman–Crippen LogP) is 6.31. The minimum atomic E-state index is 0.142. The molecule has 0 aliphatic rings. The molecule has 3 nitrogen and oxygen atoms in total. The van der Waals surface area contributed by atoms with Gasteiger partial charge in [-0.3, -0.25) is 4.90 Å². The first kappa shape index (κ1) is 26.9. The standard InChI is InChI=1S/C24H51NO2/c1-4-5-6-7-8-9-10-11-12-13-14-15-16-17-18-19-20-25(23(2)21-26)24(3)22-27/h23-24,26-27H,4-22H2,1-3H3. The van der Waals surface area contributed by atoms with Gasteiger partial charge in [0.1, 0.15) is 0 Å². The van der Waals surface area contributed by atoms with E-state index in [2.05, 4.69) is 11.8 Å². The Morgan fingerprint density at radius 3 is 1.11 bits per heavy atom. The number of nitrogens with zero attached hydrogens (tertiary/aromatic N) is 1. The Kier molecular flexibility index (Phi) is 20.5. The Bertz CT molecular complexity index is 276. The van der Waals surface area contributed by atoms with Crippen LogP contribution in [0.5, 0.6) is 0 Å². The molecule has 2 N–H and O–H groups in total. The third-order valence-electron chi connectivity index (χ3n) is 5.93. The molecule has 0 saturated heterocycles. The van der Waals surface area contributed by atoms with Gasteiger partial charge >= 0.3 is 0 Å². The Labute approximate surface area is 170 Å². The van der Waals surface area contributed by atoms with E-state index in [0.717, 1.165) is 6.54 Å². The molecule has 0 aliphatic carbocycles. The van der Waals surface area contributed by atoms with E-state index in [1.807, 2.05) is 13.8 Å². The topological polar surface area (TPSA) is 43.7 Å². The van der Waals surface area contributed by atoms with Crippen LogP contribution in [0.15, 0.2) is 0 Å². The molecule has 2 unspecified atom stereocenters. The average Bonchev–Trinajstić information content (AvgIpc) is 2.69.